The SMILES string of the molecule is CCOC(=O)N1CCC(Oc2ccc(OCCCN3CCCCC3)cc2)CC1.OCl. The zero-order valence-corrected chi connectivity index (χ0v) is 18.7. The van der Waals surface area contributed by atoms with Crippen molar-refractivity contribution in [3.05, 3.63) is 24.3 Å². The Morgan fingerprint density at radius 3 is 2.30 bits per heavy atom. The van der Waals surface area contributed by atoms with E-state index in [-0.39, 0.29) is 12.2 Å². The number of piperidine rings is 2. The molecular weight excluding hydrogens is 408 g/mol. The van der Waals surface area contributed by atoms with Crippen molar-refractivity contribution in [2.24, 2.45) is 0 Å². The van der Waals surface area contributed by atoms with Crippen molar-refractivity contribution >= 4 is 18.0 Å². The molecule has 1 aromatic rings. The maximum absolute atomic E-state index is 11.7. The monoisotopic (exact) mass is 442 g/mol. The summed E-state index contributed by atoms with van der Waals surface area (Å²) in [5.41, 5.74) is 0. The van der Waals surface area contributed by atoms with Crippen LogP contribution in [0.25, 0.3) is 0 Å². The maximum Gasteiger partial charge on any atom is 0.409 e. The van der Waals surface area contributed by atoms with Crippen molar-refractivity contribution in [1.29, 1.82) is 0 Å². The van der Waals surface area contributed by atoms with Crippen LogP contribution < -0.4 is 9.47 Å². The number of hydrogen-bond acceptors (Lipinski definition) is 6. The number of nitrogens with zero attached hydrogens (tertiary/aromatic N) is 2. The molecule has 3 rings (SSSR count). The Bertz CT molecular complexity index is 588. The van der Waals surface area contributed by atoms with E-state index in [1.54, 1.807) is 4.90 Å². The van der Waals surface area contributed by atoms with E-state index in [1.807, 2.05) is 31.2 Å². The van der Waals surface area contributed by atoms with Crippen LogP contribution in [0.4, 0.5) is 4.79 Å². The van der Waals surface area contributed by atoms with Crippen LogP contribution in [-0.4, -0.2) is 72.6 Å². The molecule has 0 aromatic heterocycles. The largest absolute Gasteiger partial charge is 0.494 e. The second kappa shape index (κ2) is 14.3. The van der Waals surface area contributed by atoms with Crippen LogP contribution in [0.15, 0.2) is 24.3 Å². The number of carbonyl (C=O) groups excluding carboxylic acids is 1. The highest BCUT2D eigenvalue weighted by atomic mass is 35.5. The predicted octanol–water partition coefficient (Wildman–Crippen LogP) is 4.07. The molecule has 0 aliphatic carbocycles. The Morgan fingerprint density at radius 2 is 1.67 bits per heavy atom. The summed E-state index contributed by atoms with van der Waals surface area (Å²) in [6.45, 7) is 7.98. The van der Waals surface area contributed by atoms with E-state index in [9.17, 15) is 4.79 Å². The smallest absolute Gasteiger partial charge is 0.409 e. The Kier molecular flexibility index (Phi) is 11.7. The molecule has 0 spiro atoms. The minimum atomic E-state index is -0.220. The molecule has 0 bridgehead atoms. The van der Waals surface area contributed by atoms with Gasteiger partial charge in [0, 0.05) is 32.5 Å². The molecule has 7 nitrogen and oxygen atoms in total. The molecule has 8 heteroatoms. The van der Waals surface area contributed by atoms with E-state index in [2.05, 4.69) is 16.8 Å². The summed E-state index contributed by atoms with van der Waals surface area (Å²) < 4.78 is 23.5. The van der Waals surface area contributed by atoms with E-state index in [0.717, 1.165) is 43.9 Å². The summed E-state index contributed by atoms with van der Waals surface area (Å²) >= 11 is 3.64. The molecule has 2 fully saturated rings. The highest BCUT2D eigenvalue weighted by Crippen LogP contribution is 2.22. The molecule has 0 saturated carbocycles. The summed E-state index contributed by atoms with van der Waals surface area (Å²) in [6.07, 6.45) is 6.70. The fourth-order valence-electron chi connectivity index (χ4n) is 3.84. The van der Waals surface area contributed by atoms with Gasteiger partial charge in [-0.1, -0.05) is 6.42 Å². The number of hydrogen-bond donors (Lipinski definition) is 1. The third-order valence-electron chi connectivity index (χ3n) is 5.43. The highest BCUT2D eigenvalue weighted by molar-refractivity contribution is 6.04. The van der Waals surface area contributed by atoms with Gasteiger partial charge in [0.05, 0.1) is 25.1 Å². The van der Waals surface area contributed by atoms with E-state index < -0.39 is 0 Å². The second-order valence-corrected chi connectivity index (χ2v) is 7.58. The number of amides is 1. The van der Waals surface area contributed by atoms with Crippen molar-refractivity contribution in [3.8, 4) is 11.5 Å². The van der Waals surface area contributed by atoms with Crippen molar-refractivity contribution in [2.45, 2.75) is 51.6 Å². The minimum Gasteiger partial charge on any atom is -0.494 e. The first kappa shape index (κ1) is 24.6. The van der Waals surface area contributed by atoms with E-state index >= 15 is 0 Å². The predicted molar refractivity (Wildman–Crippen MR) is 117 cm³/mol. The van der Waals surface area contributed by atoms with Gasteiger partial charge in [-0.25, -0.2) is 4.79 Å². The minimum absolute atomic E-state index is 0.141. The van der Waals surface area contributed by atoms with Gasteiger partial charge in [0.25, 0.3) is 0 Å². The van der Waals surface area contributed by atoms with Crippen LogP contribution in [0, 0.1) is 0 Å². The van der Waals surface area contributed by atoms with Gasteiger partial charge in [0.2, 0.25) is 0 Å². The van der Waals surface area contributed by atoms with Crippen molar-refractivity contribution < 1.29 is 23.7 Å². The fraction of sp³-hybridized carbons (Fsp3) is 0.682. The second-order valence-electron chi connectivity index (χ2n) is 7.58. The Balaban J connectivity index is 0.00000155. The number of ether oxygens (including phenoxy) is 3. The van der Waals surface area contributed by atoms with Gasteiger partial charge in [-0.05, 0) is 63.5 Å². The first-order valence-corrected chi connectivity index (χ1v) is 11.3. The van der Waals surface area contributed by atoms with E-state index in [1.165, 1.54) is 32.4 Å². The molecule has 30 heavy (non-hydrogen) atoms. The van der Waals surface area contributed by atoms with Crippen LogP contribution in [0.1, 0.15) is 45.4 Å². The lowest BCUT2D eigenvalue weighted by molar-refractivity contribution is 0.0703. The van der Waals surface area contributed by atoms with Crippen LogP contribution in [0.5, 0.6) is 11.5 Å². The van der Waals surface area contributed by atoms with Crippen LogP contribution in [-0.2, 0) is 4.74 Å². The third kappa shape index (κ3) is 8.58. The number of benzene rings is 1. The van der Waals surface area contributed by atoms with Gasteiger partial charge in [0.15, 0.2) is 0 Å². The number of halogens is 1. The lowest BCUT2D eigenvalue weighted by Crippen LogP contribution is -2.42. The lowest BCUT2D eigenvalue weighted by Gasteiger charge is -2.31. The molecule has 1 N–H and O–H groups in total. The highest BCUT2D eigenvalue weighted by Gasteiger charge is 2.24. The Hall–Kier alpha value is -1.70. The Morgan fingerprint density at radius 1 is 1.03 bits per heavy atom. The van der Waals surface area contributed by atoms with Gasteiger partial charge in [0.1, 0.15) is 17.6 Å². The molecule has 0 atom stereocenters. The molecule has 2 aliphatic rings. The summed E-state index contributed by atoms with van der Waals surface area (Å²) in [5.74, 6) is 1.75. The summed E-state index contributed by atoms with van der Waals surface area (Å²) in [7, 11) is 0. The normalized spacial score (nSPS) is 17.6. The molecule has 2 aliphatic heterocycles. The molecule has 1 aromatic carbocycles. The third-order valence-corrected chi connectivity index (χ3v) is 5.43. The molecule has 2 saturated heterocycles. The zero-order chi connectivity index (χ0) is 21.6. The molecule has 0 unspecified atom stereocenters. The van der Waals surface area contributed by atoms with Gasteiger partial charge in [-0.2, -0.15) is 0 Å². The molecular formula is C22H35ClN2O5. The quantitative estimate of drug-likeness (QED) is 0.612. The number of likely N-dealkylation sites (tertiary alicyclic amines) is 2. The summed E-state index contributed by atoms with van der Waals surface area (Å²) in [6, 6.07) is 7.89. The van der Waals surface area contributed by atoms with Crippen molar-refractivity contribution in [2.75, 3.05) is 45.9 Å². The average Bonchev–Trinajstić information content (AvgIpc) is 2.80. The summed E-state index contributed by atoms with van der Waals surface area (Å²) in [4.78, 5) is 16.0. The van der Waals surface area contributed by atoms with Gasteiger partial charge in [-0.3, -0.25) is 4.66 Å². The first-order chi connectivity index (χ1) is 14.7. The number of carbonyl (C=O) groups is 1. The molecule has 1 amide bonds. The van der Waals surface area contributed by atoms with Crippen LogP contribution in [0.3, 0.4) is 0 Å². The zero-order valence-electron chi connectivity index (χ0n) is 17.9. The van der Waals surface area contributed by atoms with Gasteiger partial charge < -0.3 is 24.0 Å². The molecule has 0 radical (unpaired) electrons. The number of rotatable bonds is 8. The lowest BCUT2D eigenvalue weighted by atomic mass is 10.1. The van der Waals surface area contributed by atoms with E-state index in [0.29, 0.717) is 19.7 Å². The van der Waals surface area contributed by atoms with Crippen LogP contribution >= 0.6 is 11.9 Å². The topological polar surface area (TPSA) is 71.5 Å². The molecule has 2 heterocycles. The van der Waals surface area contributed by atoms with Crippen LogP contribution in [0.2, 0.25) is 0 Å². The average molecular weight is 443 g/mol. The summed E-state index contributed by atoms with van der Waals surface area (Å²) in [5, 5.41) is 0. The van der Waals surface area contributed by atoms with Gasteiger partial charge >= 0.3 is 6.09 Å². The van der Waals surface area contributed by atoms with E-state index in [4.69, 9.17) is 18.9 Å². The maximum atomic E-state index is 11.7. The first-order valence-electron chi connectivity index (χ1n) is 10.9. The standard InChI is InChI=1S/C22H34N2O4.ClHO/c1-2-26-22(25)24-16-11-21(12-17-24)28-20-9-7-19(8-10-20)27-18-6-15-23-13-4-3-5-14-23;1-2/h7-10,21H,2-6,11-18H2,1H3;2H. The van der Waals surface area contributed by atoms with Crippen molar-refractivity contribution in [3.63, 3.8) is 0 Å². The van der Waals surface area contributed by atoms with Crippen molar-refractivity contribution in [1.82, 2.24) is 9.80 Å². The Labute approximate surface area is 185 Å². The fourth-order valence-corrected chi connectivity index (χ4v) is 3.84. The van der Waals surface area contributed by atoms with Gasteiger partial charge in [-0.15, -0.1) is 0 Å². The molecule has 170 valence electrons.